The van der Waals surface area contributed by atoms with Crippen LogP contribution in [0.5, 0.6) is 0 Å². The molecular formula is C15H18N4O6. The number of hydrogen-bond acceptors (Lipinski definition) is 9. The Balaban J connectivity index is 2.37. The average molecular weight is 350 g/mol. The molecule has 0 unspecified atom stereocenters. The summed E-state index contributed by atoms with van der Waals surface area (Å²) in [5.41, 5.74) is 0.753. The van der Waals surface area contributed by atoms with Gasteiger partial charge in [-0.05, 0) is 26.8 Å². The van der Waals surface area contributed by atoms with Crippen molar-refractivity contribution >= 4 is 29.4 Å². The molecule has 0 bridgehead atoms. The van der Waals surface area contributed by atoms with E-state index in [9.17, 15) is 19.2 Å². The Morgan fingerprint density at radius 1 is 1.20 bits per heavy atom. The molecule has 0 saturated carbocycles. The predicted molar refractivity (Wildman–Crippen MR) is 83.7 cm³/mol. The summed E-state index contributed by atoms with van der Waals surface area (Å²) in [6.07, 6.45) is 1.14. The van der Waals surface area contributed by atoms with Gasteiger partial charge in [0, 0.05) is 19.0 Å². The lowest BCUT2D eigenvalue weighted by atomic mass is 10.1. The summed E-state index contributed by atoms with van der Waals surface area (Å²) in [4.78, 5) is 56.6. The smallest absolute Gasteiger partial charge is 0.368 e. The molecule has 134 valence electrons. The van der Waals surface area contributed by atoms with Crippen molar-refractivity contribution in [1.82, 2.24) is 10.0 Å². The van der Waals surface area contributed by atoms with Crippen molar-refractivity contribution in [3.8, 4) is 0 Å². The first-order chi connectivity index (χ1) is 11.6. The molecule has 1 fully saturated rings. The molecule has 1 aliphatic rings. The second-order valence-corrected chi connectivity index (χ2v) is 6.19. The third-order valence-corrected chi connectivity index (χ3v) is 3.08. The van der Waals surface area contributed by atoms with E-state index in [1.165, 1.54) is 12.3 Å². The zero-order chi connectivity index (χ0) is 18.8. The number of nitrogens with zero attached hydrogens (tertiary/aromatic N) is 2. The molecule has 0 atom stereocenters. The first-order valence-electron chi connectivity index (χ1n) is 7.41. The molecule has 0 aliphatic carbocycles. The molecule has 2 heterocycles. The number of esters is 1. The zero-order valence-corrected chi connectivity index (χ0v) is 14.0. The van der Waals surface area contributed by atoms with Gasteiger partial charge in [-0.2, -0.15) is 0 Å². The summed E-state index contributed by atoms with van der Waals surface area (Å²) in [6, 6.07) is 1.33. The number of nitrogens with two attached hydrogens (primary N) is 1. The highest BCUT2D eigenvalue weighted by molar-refractivity contribution is 6.08. The van der Waals surface area contributed by atoms with Crippen LogP contribution < -0.4 is 11.3 Å². The van der Waals surface area contributed by atoms with Crippen molar-refractivity contribution in [2.75, 3.05) is 5.43 Å². The van der Waals surface area contributed by atoms with E-state index in [0.717, 1.165) is 0 Å². The molecule has 3 N–H and O–H groups in total. The fraction of sp³-hybridized carbons (Fsp3) is 0.400. The Bertz CT molecular complexity index is 724. The van der Waals surface area contributed by atoms with Crippen LogP contribution in [0.15, 0.2) is 12.3 Å². The summed E-state index contributed by atoms with van der Waals surface area (Å²) in [6.45, 7) is 4.94. The first-order valence-corrected chi connectivity index (χ1v) is 7.41. The third kappa shape index (κ3) is 4.10. The van der Waals surface area contributed by atoms with Gasteiger partial charge in [0.25, 0.3) is 11.8 Å². The second-order valence-electron chi connectivity index (χ2n) is 6.19. The number of ether oxygens (including phenoxy) is 1. The minimum absolute atomic E-state index is 0.0277. The molecule has 1 saturated heterocycles. The summed E-state index contributed by atoms with van der Waals surface area (Å²) in [5.74, 6) is 2.05. The molecule has 25 heavy (non-hydrogen) atoms. The maximum Gasteiger partial charge on any atom is 0.368 e. The van der Waals surface area contributed by atoms with E-state index in [1.54, 1.807) is 20.8 Å². The number of hydroxylamine groups is 2. The minimum atomic E-state index is -1.13. The van der Waals surface area contributed by atoms with Crippen molar-refractivity contribution in [2.24, 2.45) is 5.84 Å². The van der Waals surface area contributed by atoms with Crippen LogP contribution in [0, 0.1) is 0 Å². The minimum Gasteiger partial charge on any atom is -0.455 e. The lowest BCUT2D eigenvalue weighted by Gasteiger charge is -2.21. The van der Waals surface area contributed by atoms with Crippen LogP contribution in [0.1, 0.15) is 54.5 Å². The normalized spacial score (nSPS) is 14.5. The number of nitrogens with one attached hydrogen (secondary N) is 1. The number of carbonyl (C=O) groups excluding carboxylic acids is 4. The number of hydrogen-bond donors (Lipinski definition) is 2. The van der Waals surface area contributed by atoms with E-state index in [1.807, 2.05) is 0 Å². The van der Waals surface area contributed by atoms with Crippen LogP contribution in [0.2, 0.25) is 0 Å². The Kier molecular flexibility index (Phi) is 5.02. The number of anilines is 1. The molecule has 1 aromatic heterocycles. The van der Waals surface area contributed by atoms with Crippen LogP contribution in [-0.2, 0) is 19.2 Å². The molecule has 2 rings (SSSR count). The zero-order valence-electron chi connectivity index (χ0n) is 14.0. The van der Waals surface area contributed by atoms with Crippen molar-refractivity contribution in [1.29, 1.82) is 0 Å². The highest BCUT2D eigenvalue weighted by Crippen LogP contribution is 2.23. The third-order valence-electron chi connectivity index (χ3n) is 3.08. The number of amides is 2. The summed E-state index contributed by atoms with van der Waals surface area (Å²) >= 11 is 0. The van der Waals surface area contributed by atoms with Gasteiger partial charge in [-0.15, -0.1) is 5.06 Å². The van der Waals surface area contributed by atoms with E-state index in [2.05, 4.69) is 10.4 Å². The summed E-state index contributed by atoms with van der Waals surface area (Å²) in [7, 11) is 0. The molecule has 10 heteroatoms. The lowest BCUT2D eigenvalue weighted by molar-refractivity contribution is -0.172. The predicted octanol–water partition coefficient (Wildman–Crippen LogP) is 0.543. The Labute approximate surface area is 143 Å². The fourth-order valence-corrected chi connectivity index (χ4v) is 2.06. The number of aromatic nitrogens is 1. The van der Waals surface area contributed by atoms with Crippen molar-refractivity contribution < 1.29 is 28.8 Å². The van der Waals surface area contributed by atoms with Gasteiger partial charge in [0.2, 0.25) is 0 Å². The van der Waals surface area contributed by atoms with Gasteiger partial charge in [0.15, 0.2) is 5.69 Å². The van der Waals surface area contributed by atoms with E-state index in [0.29, 0.717) is 5.06 Å². The molecule has 10 nitrogen and oxygen atoms in total. The van der Waals surface area contributed by atoms with Gasteiger partial charge < -0.3 is 15.0 Å². The maximum absolute atomic E-state index is 12.5. The Hall–Kier alpha value is -3.01. The molecule has 0 radical (unpaired) electrons. The Morgan fingerprint density at radius 2 is 1.80 bits per heavy atom. The number of hydrazine groups is 1. The first kappa shape index (κ1) is 18.3. The maximum atomic E-state index is 12.5. The molecule has 2 amide bonds. The largest absolute Gasteiger partial charge is 0.455 e. The van der Waals surface area contributed by atoms with Gasteiger partial charge in [0.1, 0.15) is 11.2 Å². The van der Waals surface area contributed by atoms with Crippen LogP contribution in [0.25, 0.3) is 0 Å². The summed E-state index contributed by atoms with van der Waals surface area (Å²) < 4.78 is 5.20. The highest BCUT2D eigenvalue weighted by atomic mass is 16.7. The molecule has 0 spiro atoms. The van der Waals surface area contributed by atoms with E-state index < -0.39 is 29.4 Å². The number of imide groups is 1. The molecule has 1 aromatic rings. The second kappa shape index (κ2) is 6.85. The van der Waals surface area contributed by atoms with Crippen LogP contribution in [-0.4, -0.2) is 39.4 Å². The van der Waals surface area contributed by atoms with Crippen LogP contribution in [0.3, 0.4) is 0 Å². The van der Waals surface area contributed by atoms with Gasteiger partial charge in [-0.1, -0.05) is 0 Å². The van der Waals surface area contributed by atoms with E-state index in [-0.39, 0.29) is 29.8 Å². The highest BCUT2D eigenvalue weighted by Gasteiger charge is 2.35. The van der Waals surface area contributed by atoms with Gasteiger partial charge in [0.05, 0.1) is 5.69 Å². The Morgan fingerprint density at radius 3 is 2.32 bits per heavy atom. The number of pyridine rings is 1. The number of nitrogen functional groups attached to an aromatic ring is 1. The van der Waals surface area contributed by atoms with Crippen LogP contribution in [0.4, 0.5) is 5.69 Å². The standard InChI is InChI=1S/C15H18N4O6/c1-15(2,3)24-14(23)12-11(8(18-16)6-7-17-12)13(22)25-19-9(20)4-5-10(19)21/h6-7H,4-5,16H2,1-3H3,(H,17,18). The number of rotatable bonds is 4. The van der Waals surface area contributed by atoms with Crippen LogP contribution >= 0.6 is 0 Å². The van der Waals surface area contributed by atoms with Crippen molar-refractivity contribution in [2.45, 2.75) is 39.2 Å². The van der Waals surface area contributed by atoms with E-state index in [4.69, 9.17) is 15.4 Å². The SMILES string of the molecule is CC(C)(C)OC(=O)c1nccc(NN)c1C(=O)ON1C(=O)CCC1=O. The fourth-order valence-electron chi connectivity index (χ4n) is 2.06. The van der Waals surface area contributed by atoms with Crippen molar-refractivity contribution in [3.05, 3.63) is 23.5 Å². The van der Waals surface area contributed by atoms with Gasteiger partial charge >= 0.3 is 11.9 Å². The average Bonchev–Trinajstić information content (AvgIpc) is 2.84. The molecule has 1 aliphatic heterocycles. The van der Waals surface area contributed by atoms with Crippen molar-refractivity contribution in [3.63, 3.8) is 0 Å². The lowest BCUT2D eigenvalue weighted by Crippen LogP contribution is -2.34. The van der Waals surface area contributed by atoms with E-state index >= 15 is 0 Å². The van der Waals surface area contributed by atoms with Gasteiger partial charge in [-0.25, -0.2) is 14.6 Å². The molecular weight excluding hydrogens is 332 g/mol. The topological polar surface area (TPSA) is 141 Å². The van der Waals surface area contributed by atoms with Gasteiger partial charge in [-0.3, -0.25) is 15.4 Å². The number of carbonyl (C=O) groups is 4. The molecule has 0 aromatic carbocycles. The summed E-state index contributed by atoms with van der Waals surface area (Å²) in [5, 5.41) is 0.370. The quantitative estimate of drug-likeness (QED) is 0.344. The monoisotopic (exact) mass is 350 g/mol.